The number of anilines is 1. The fraction of sp³-hybridized carbons (Fsp3) is 0.174. The molecule has 0 spiro atoms. The Labute approximate surface area is 182 Å². The fourth-order valence-corrected chi connectivity index (χ4v) is 4.24. The number of benzene rings is 2. The van der Waals surface area contributed by atoms with Gasteiger partial charge in [-0.05, 0) is 73.9 Å². The summed E-state index contributed by atoms with van der Waals surface area (Å²) in [6.45, 7) is 5.31. The minimum Gasteiger partial charge on any atom is -0.271 e. The van der Waals surface area contributed by atoms with Gasteiger partial charge < -0.3 is 0 Å². The first-order valence-electron chi connectivity index (χ1n) is 9.66. The first-order chi connectivity index (χ1) is 14.8. The Morgan fingerprint density at radius 2 is 1.68 bits per heavy atom. The summed E-state index contributed by atoms with van der Waals surface area (Å²) >= 11 is 0. The minimum absolute atomic E-state index is 0.115. The highest BCUT2D eigenvalue weighted by molar-refractivity contribution is 7.92. The van der Waals surface area contributed by atoms with E-state index < -0.39 is 22.5 Å². The zero-order chi connectivity index (χ0) is 22.4. The molecule has 1 heterocycles. The number of aromatic nitrogens is 1. The normalized spacial score (nSPS) is 11.5. The maximum absolute atomic E-state index is 13.4. The van der Waals surface area contributed by atoms with Gasteiger partial charge in [0.25, 0.3) is 15.9 Å². The smallest absolute Gasteiger partial charge is 0.264 e. The number of aryl methyl sites for hydroxylation is 3. The lowest BCUT2D eigenvalue weighted by molar-refractivity contribution is -0.119. The van der Waals surface area contributed by atoms with Crippen LogP contribution >= 0.6 is 0 Å². The van der Waals surface area contributed by atoms with Crippen molar-refractivity contribution < 1.29 is 13.2 Å². The molecule has 8 heteroatoms. The quantitative estimate of drug-likeness (QED) is 0.454. The third-order valence-corrected chi connectivity index (χ3v) is 6.57. The molecule has 1 N–H and O–H groups in total. The topological polar surface area (TPSA) is 91.7 Å². The summed E-state index contributed by atoms with van der Waals surface area (Å²) in [6.07, 6.45) is 4.69. The molecule has 1 aromatic heterocycles. The summed E-state index contributed by atoms with van der Waals surface area (Å²) in [7, 11) is -3.96. The fourth-order valence-electron chi connectivity index (χ4n) is 2.83. The molecule has 0 aliphatic rings. The molecule has 3 aromatic rings. The molecule has 0 fully saturated rings. The van der Waals surface area contributed by atoms with Crippen molar-refractivity contribution in [2.45, 2.75) is 25.7 Å². The number of amides is 1. The molecule has 160 valence electrons. The third kappa shape index (κ3) is 5.55. The van der Waals surface area contributed by atoms with Crippen LogP contribution in [0.3, 0.4) is 0 Å². The van der Waals surface area contributed by atoms with E-state index in [2.05, 4.69) is 15.5 Å². The average molecular weight is 437 g/mol. The predicted molar refractivity (Wildman–Crippen MR) is 122 cm³/mol. The van der Waals surface area contributed by atoms with Gasteiger partial charge in [0.15, 0.2) is 0 Å². The van der Waals surface area contributed by atoms with Crippen LogP contribution in [-0.4, -0.2) is 32.1 Å². The molecular formula is C23H24N4O3S. The molecule has 2 aromatic carbocycles. The molecule has 7 nitrogen and oxygen atoms in total. The standard InChI is InChI=1S/C23H24N4O3S/c1-17-4-8-22(9-5-17)31(29,30)27(21-7-6-18(2)19(3)14-21)16-23(28)26-25-15-20-10-12-24-13-11-20/h4-15H,16H2,1-3H3,(H,26,28)/b25-15-. The van der Waals surface area contributed by atoms with Crippen molar-refractivity contribution in [3.05, 3.63) is 89.2 Å². The van der Waals surface area contributed by atoms with E-state index in [1.54, 1.807) is 48.8 Å². The van der Waals surface area contributed by atoms with Gasteiger partial charge in [-0.1, -0.05) is 23.8 Å². The minimum atomic E-state index is -3.96. The average Bonchev–Trinajstić information content (AvgIpc) is 2.75. The van der Waals surface area contributed by atoms with Crippen molar-refractivity contribution in [1.29, 1.82) is 0 Å². The zero-order valence-corrected chi connectivity index (χ0v) is 18.4. The van der Waals surface area contributed by atoms with Gasteiger partial charge >= 0.3 is 0 Å². The lowest BCUT2D eigenvalue weighted by Crippen LogP contribution is -2.39. The molecule has 0 aliphatic carbocycles. The third-order valence-electron chi connectivity index (χ3n) is 4.78. The molecule has 0 radical (unpaired) electrons. The van der Waals surface area contributed by atoms with E-state index in [1.165, 1.54) is 18.3 Å². The van der Waals surface area contributed by atoms with E-state index in [-0.39, 0.29) is 4.90 Å². The van der Waals surface area contributed by atoms with Crippen molar-refractivity contribution >= 4 is 27.8 Å². The molecule has 0 atom stereocenters. The van der Waals surface area contributed by atoms with Crippen molar-refractivity contribution in [3.8, 4) is 0 Å². The number of carbonyl (C=O) groups excluding carboxylic acids is 1. The number of pyridine rings is 1. The summed E-state index contributed by atoms with van der Waals surface area (Å²) < 4.78 is 27.8. The molecule has 0 aliphatic heterocycles. The van der Waals surface area contributed by atoms with Gasteiger partial charge in [0, 0.05) is 12.4 Å². The lowest BCUT2D eigenvalue weighted by atomic mass is 10.1. The molecule has 31 heavy (non-hydrogen) atoms. The van der Waals surface area contributed by atoms with Crippen LogP contribution in [0, 0.1) is 20.8 Å². The van der Waals surface area contributed by atoms with Gasteiger partial charge in [0.05, 0.1) is 16.8 Å². The maximum Gasteiger partial charge on any atom is 0.264 e. The number of nitrogens with one attached hydrogen (secondary N) is 1. The largest absolute Gasteiger partial charge is 0.271 e. The van der Waals surface area contributed by atoms with Crippen LogP contribution in [0.4, 0.5) is 5.69 Å². The van der Waals surface area contributed by atoms with Crippen LogP contribution in [0.5, 0.6) is 0 Å². The highest BCUT2D eigenvalue weighted by atomic mass is 32.2. The zero-order valence-electron chi connectivity index (χ0n) is 17.6. The van der Waals surface area contributed by atoms with Crippen LogP contribution in [0.25, 0.3) is 0 Å². The van der Waals surface area contributed by atoms with Gasteiger partial charge in [0.2, 0.25) is 0 Å². The van der Waals surface area contributed by atoms with Crippen LogP contribution in [0.2, 0.25) is 0 Å². The molecule has 0 saturated heterocycles. The van der Waals surface area contributed by atoms with Crippen LogP contribution in [-0.2, 0) is 14.8 Å². The van der Waals surface area contributed by atoms with E-state index >= 15 is 0 Å². The monoisotopic (exact) mass is 436 g/mol. The lowest BCUT2D eigenvalue weighted by Gasteiger charge is -2.24. The van der Waals surface area contributed by atoms with E-state index in [0.29, 0.717) is 5.69 Å². The number of hydrazone groups is 1. The summed E-state index contributed by atoms with van der Waals surface area (Å²) in [4.78, 5) is 16.6. The Bertz CT molecular complexity index is 1190. The SMILES string of the molecule is Cc1ccc(S(=O)(=O)N(CC(=O)N/N=C\c2ccncc2)c2ccc(C)c(C)c2)cc1. The maximum atomic E-state index is 13.4. The summed E-state index contributed by atoms with van der Waals surface area (Å²) in [5.41, 5.74) is 6.47. The van der Waals surface area contributed by atoms with Crippen LogP contribution in [0.15, 0.2) is 77.0 Å². The Kier molecular flexibility index (Phi) is 6.81. The first-order valence-corrected chi connectivity index (χ1v) is 11.1. The Morgan fingerprint density at radius 1 is 1.00 bits per heavy atom. The summed E-state index contributed by atoms with van der Waals surface area (Å²) in [6, 6.07) is 15.3. The molecule has 0 unspecified atom stereocenters. The van der Waals surface area contributed by atoms with E-state index in [1.807, 2.05) is 26.8 Å². The molecule has 1 amide bonds. The van der Waals surface area contributed by atoms with Crippen LogP contribution in [0.1, 0.15) is 22.3 Å². The summed E-state index contributed by atoms with van der Waals surface area (Å²) in [5.74, 6) is -0.556. The molecule has 0 bridgehead atoms. The first kappa shape index (κ1) is 22.2. The van der Waals surface area contributed by atoms with Crippen molar-refractivity contribution in [2.75, 3.05) is 10.8 Å². The Hall–Kier alpha value is -3.52. The van der Waals surface area contributed by atoms with E-state index in [4.69, 9.17) is 0 Å². The van der Waals surface area contributed by atoms with Gasteiger partial charge in [-0.15, -0.1) is 0 Å². The molecule has 3 rings (SSSR count). The number of carbonyl (C=O) groups is 1. The Morgan fingerprint density at radius 3 is 2.32 bits per heavy atom. The number of rotatable bonds is 7. The van der Waals surface area contributed by atoms with E-state index in [9.17, 15) is 13.2 Å². The van der Waals surface area contributed by atoms with Gasteiger partial charge in [-0.3, -0.25) is 14.1 Å². The number of sulfonamides is 1. The second-order valence-corrected chi connectivity index (χ2v) is 9.03. The van der Waals surface area contributed by atoms with E-state index in [0.717, 1.165) is 26.6 Å². The second kappa shape index (κ2) is 9.53. The molecular weight excluding hydrogens is 412 g/mol. The summed E-state index contributed by atoms with van der Waals surface area (Å²) in [5, 5.41) is 3.91. The van der Waals surface area contributed by atoms with Gasteiger partial charge in [-0.2, -0.15) is 5.10 Å². The number of hydrogen-bond donors (Lipinski definition) is 1. The van der Waals surface area contributed by atoms with Gasteiger partial charge in [0.1, 0.15) is 6.54 Å². The molecule has 0 saturated carbocycles. The second-order valence-electron chi connectivity index (χ2n) is 7.17. The van der Waals surface area contributed by atoms with Gasteiger partial charge in [-0.25, -0.2) is 13.8 Å². The number of nitrogens with zero attached hydrogens (tertiary/aromatic N) is 3. The van der Waals surface area contributed by atoms with Crippen molar-refractivity contribution in [2.24, 2.45) is 5.10 Å². The predicted octanol–water partition coefficient (Wildman–Crippen LogP) is 3.35. The highest BCUT2D eigenvalue weighted by Crippen LogP contribution is 2.25. The van der Waals surface area contributed by atoms with Crippen molar-refractivity contribution in [1.82, 2.24) is 10.4 Å². The highest BCUT2D eigenvalue weighted by Gasteiger charge is 2.27. The van der Waals surface area contributed by atoms with Crippen LogP contribution < -0.4 is 9.73 Å². The Balaban J connectivity index is 1.88. The number of hydrogen-bond acceptors (Lipinski definition) is 5. The van der Waals surface area contributed by atoms with Crippen molar-refractivity contribution in [3.63, 3.8) is 0 Å².